The lowest BCUT2D eigenvalue weighted by atomic mass is 10.0. The van der Waals surface area contributed by atoms with E-state index in [0.29, 0.717) is 28.9 Å². The Morgan fingerprint density at radius 1 is 1.04 bits per heavy atom. The van der Waals surface area contributed by atoms with Gasteiger partial charge in [-0.05, 0) is 55.0 Å². The molecule has 0 fully saturated rings. The fraction of sp³-hybridized carbons (Fsp3) is 0.158. The van der Waals surface area contributed by atoms with Crippen LogP contribution in [0, 0.1) is 0 Å². The minimum absolute atomic E-state index is 0.0333. The molecule has 0 aliphatic carbocycles. The van der Waals surface area contributed by atoms with Gasteiger partial charge in [0.15, 0.2) is 5.84 Å². The Morgan fingerprint density at radius 2 is 1.67 bits per heavy atom. The highest BCUT2D eigenvalue weighted by Gasteiger charge is 2.29. The fourth-order valence-electron chi connectivity index (χ4n) is 2.86. The van der Waals surface area contributed by atoms with Gasteiger partial charge in [-0.1, -0.05) is 23.7 Å². The lowest BCUT2D eigenvalue weighted by molar-refractivity contribution is 0.461. The van der Waals surface area contributed by atoms with Gasteiger partial charge in [0.25, 0.3) is 10.0 Å². The zero-order valence-electron chi connectivity index (χ0n) is 14.5. The van der Waals surface area contributed by atoms with E-state index in [0.717, 1.165) is 16.8 Å². The summed E-state index contributed by atoms with van der Waals surface area (Å²) < 4.78 is 33.6. The number of nitrogens with zero attached hydrogens (tertiary/aromatic N) is 3. The van der Waals surface area contributed by atoms with Crippen molar-refractivity contribution in [2.24, 2.45) is 9.50 Å². The van der Waals surface area contributed by atoms with E-state index >= 15 is 0 Å². The molecule has 0 saturated carbocycles. The topological polar surface area (TPSA) is 71.3 Å². The van der Waals surface area contributed by atoms with Crippen molar-refractivity contribution in [2.45, 2.75) is 6.92 Å². The fourth-order valence-corrected chi connectivity index (χ4v) is 3.94. The molecular formula is C19H16ClN3O3S. The molecule has 2 heterocycles. The molecule has 0 amide bonds. The van der Waals surface area contributed by atoms with Gasteiger partial charge in [-0.3, -0.25) is 0 Å². The summed E-state index contributed by atoms with van der Waals surface area (Å²) in [5, 5.41) is 6.66. The lowest BCUT2D eigenvalue weighted by Gasteiger charge is -2.29. The van der Waals surface area contributed by atoms with Crippen LogP contribution in [0.15, 0.2) is 64.1 Å². The second-order valence-electron chi connectivity index (χ2n) is 6.20. The Kier molecular flexibility index (Phi) is 4.49. The summed E-state index contributed by atoms with van der Waals surface area (Å²) in [5.41, 5.74) is 2.36. The average Bonchev–Trinajstić information content (AvgIpc) is 2.64. The molecule has 6 nitrogen and oxygen atoms in total. The first-order chi connectivity index (χ1) is 12.9. The summed E-state index contributed by atoms with van der Waals surface area (Å²) >= 11 is 5.88. The van der Waals surface area contributed by atoms with Crippen LogP contribution in [0.4, 0.5) is 0 Å². The molecule has 2 aromatic carbocycles. The molecule has 0 bridgehead atoms. The number of ether oxygens (including phenoxy) is 1. The second-order valence-corrected chi connectivity index (χ2v) is 8.39. The van der Waals surface area contributed by atoms with E-state index in [1.54, 1.807) is 29.3 Å². The minimum atomic E-state index is -3.46. The van der Waals surface area contributed by atoms with E-state index in [1.807, 2.05) is 37.3 Å². The molecule has 0 N–H and O–H groups in total. The van der Waals surface area contributed by atoms with Crippen LogP contribution in [-0.4, -0.2) is 37.3 Å². The standard InChI is InChI=1S/C19H16ClN3O3S/c1-13-12-18(19-22-27(24,25)11-10-23(19)21-13)14-2-6-16(7-3-14)26-17-8-4-15(20)5-9-17/h2-9,12H,10-11H2,1H3. The van der Waals surface area contributed by atoms with Crippen molar-refractivity contribution in [3.8, 4) is 11.5 Å². The van der Waals surface area contributed by atoms with Crippen molar-refractivity contribution < 1.29 is 13.2 Å². The molecule has 0 atom stereocenters. The molecule has 8 heteroatoms. The second kappa shape index (κ2) is 6.83. The molecule has 0 spiro atoms. The predicted octanol–water partition coefficient (Wildman–Crippen LogP) is 3.95. The van der Waals surface area contributed by atoms with E-state index < -0.39 is 10.0 Å². The van der Waals surface area contributed by atoms with Crippen molar-refractivity contribution in [2.75, 3.05) is 12.3 Å². The number of hydrogen-bond acceptors (Lipinski definition) is 5. The molecule has 2 aliphatic rings. The molecule has 0 aromatic heterocycles. The van der Waals surface area contributed by atoms with E-state index in [9.17, 15) is 8.42 Å². The van der Waals surface area contributed by atoms with Crippen LogP contribution in [0.3, 0.4) is 0 Å². The first-order valence-electron chi connectivity index (χ1n) is 8.31. The molecule has 27 heavy (non-hydrogen) atoms. The first-order valence-corrected chi connectivity index (χ1v) is 10.3. The zero-order chi connectivity index (χ0) is 19.0. The Bertz CT molecular complexity index is 1070. The maximum Gasteiger partial charge on any atom is 0.256 e. The molecule has 2 aliphatic heterocycles. The summed E-state index contributed by atoms with van der Waals surface area (Å²) in [6.45, 7) is 2.17. The summed E-state index contributed by atoms with van der Waals surface area (Å²) in [6.07, 6.45) is 1.84. The Morgan fingerprint density at radius 3 is 2.33 bits per heavy atom. The molecule has 0 unspecified atom stereocenters. The molecule has 0 radical (unpaired) electrons. The highest BCUT2D eigenvalue weighted by molar-refractivity contribution is 7.90. The third kappa shape index (κ3) is 3.89. The Labute approximate surface area is 162 Å². The number of fused-ring (bicyclic) bond motifs is 1. The monoisotopic (exact) mass is 401 g/mol. The first kappa shape index (κ1) is 17.8. The van der Waals surface area contributed by atoms with Crippen molar-refractivity contribution in [3.05, 3.63) is 65.2 Å². The molecule has 2 aromatic rings. The number of sulfonamides is 1. The van der Waals surface area contributed by atoms with Crippen LogP contribution in [-0.2, 0) is 10.0 Å². The van der Waals surface area contributed by atoms with Crippen LogP contribution in [0.25, 0.3) is 5.57 Å². The zero-order valence-corrected chi connectivity index (χ0v) is 16.0. The van der Waals surface area contributed by atoms with Crippen molar-refractivity contribution >= 4 is 38.7 Å². The Balaban J connectivity index is 1.63. The van der Waals surface area contributed by atoms with Gasteiger partial charge >= 0.3 is 0 Å². The van der Waals surface area contributed by atoms with Gasteiger partial charge in [-0.25, -0.2) is 13.4 Å². The van der Waals surface area contributed by atoms with Gasteiger partial charge in [0.1, 0.15) is 11.5 Å². The van der Waals surface area contributed by atoms with Crippen LogP contribution >= 0.6 is 11.6 Å². The summed E-state index contributed by atoms with van der Waals surface area (Å²) in [6, 6.07) is 14.5. The van der Waals surface area contributed by atoms with Gasteiger partial charge in [0.2, 0.25) is 0 Å². The maximum absolute atomic E-state index is 11.9. The Hall–Kier alpha value is -2.64. The van der Waals surface area contributed by atoms with Crippen molar-refractivity contribution in [1.82, 2.24) is 5.01 Å². The highest BCUT2D eigenvalue weighted by atomic mass is 35.5. The van der Waals surface area contributed by atoms with Gasteiger partial charge in [-0.15, -0.1) is 4.40 Å². The van der Waals surface area contributed by atoms with Crippen LogP contribution in [0.1, 0.15) is 12.5 Å². The molecule has 4 rings (SSSR count). The molecular weight excluding hydrogens is 386 g/mol. The number of amidine groups is 1. The van der Waals surface area contributed by atoms with E-state index in [2.05, 4.69) is 9.50 Å². The van der Waals surface area contributed by atoms with E-state index in [4.69, 9.17) is 16.3 Å². The van der Waals surface area contributed by atoms with Crippen molar-refractivity contribution in [3.63, 3.8) is 0 Å². The quantitative estimate of drug-likeness (QED) is 0.780. The number of hydrogen-bond donors (Lipinski definition) is 0. The molecule has 0 saturated heterocycles. The van der Waals surface area contributed by atoms with Crippen LogP contribution in [0.5, 0.6) is 11.5 Å². The highest BCUT2D eigenvalue weighted by Crippen LogP contribution is 2.29. The van der Waals surface area contributed by atoms with Gasteiger partial charge in [-0.2, -0.15) is 5.10 Å². The number of rotatable bonds is 3. The summed E-state index contributed by atoms with van der Waals surface area (Å²) in [7, 11) is -3.46. The third-order valence-corrected chi connectivity index (χ3v) is 5.52. The SMILES string of the molecule is CC1=NN2CCS(=O)(=O)N=C2C(c2ccc(Oc3ccc(Cl)cc3)cc2)=C1. The lowest BCUT2D eigenvalue weighted by Crippen LogP contribution is -2.39. The minimum Gasteiger partial charge on any atom is -0.457 e. The third-order valence-electron chi connectivity index (χ3n) is 4.12. The summed E-state index contributed by atoms with van der Waals surface area (Å²) in [5.74, 6) is 1.67. The number of hydrazone groups is 1. The van der Waals surface area contributed by atoms with Gasteiger partial charge in [0, 0.05) is 10.6 Å². The average molecular weight is 402 g/mol. The summed E-state index contributed by atoms with van der Waals surface area (Å²) in [4.78, 5) is 0. The predicted molar refractivity (Wildman–Crippen MR) is 107 cm³/mol. The largest absolute Gasteiger partial charge is 0.457 e. The van der Waals surface area contributed by atoms with Gasteiger partial charge in [0.05, 0.1) is 18.0 Å². The smallest absolute Gasteiger partial charge is 0.256 e. The van der Waals surface area contributed by atoms with Crippen LogP contribution < -0.4 is 4.74 Å². The van der Waals surface area contributed by atoms with Crippen molar-refractivity contribution in [1.29, 1.82) is 0 Å². The normalized spacial score (nSPS) is 18.1. The number of halogens is 1. The molecule has 138 valence electrons. The van der Waals surface area contributed by atoms with Gasteiger partial charge < -0.3 is 4.74 Å². The number of benzene rings is 2. The van der Waals surface area contributed by atoms with E-state index in [1.165, 1.54) is 0 Å². The number of allylic oxidation sites excluding steroid dienone is 1. The maximum atomic E-state index is 11.9. The van der Waals surface area contributed by atoms with Crippen LogP contribution in [0.2, 0.25) is 5.02 Å². The van der Waals surface area contributed by atoms with E-state index in [-0.39, 0.29) is 5.75 Å².